The van der Waals surface area contributed by atoms with Crippen molar-refractivity contribution < 1.29 is 9.47 Å². The van der Waals surface area contributed by atoms with E-state index in [1.165, 1.54) is 0 Å². The summed E-state index contributed by atoms with van der Waals surface area (Å²) in [6, 6.07) is 3.72. The van der Waals surface area contributed by atoms with Gasteiger partial charge < -0.3 is 9.47 Å². The highest BCUT2D eigenvalue weighted by Gasteiger charge is 2.12. The summed E-state index contributed by atoms with van der Waals surface area (Å²) >= 11 is 0. The Morgan fingerprint density at radius 3 is 2.53 bits per heavy atom. The molecule has 0 bridgehead atoms. The second-order valence-corrected chi connectivity index (χ2v) is 4.13. The predicted octanol–water partition coefficient (Wildman–Crippen LogP) is 1.86. The van der Waals surface area contributed by atoms with Crippen LogP contribution in [0, 0.1) is 0 Å². The first-order valence-electron chi connectivity index (χ1n) is 6.02. The first-order chi connectivity index (χ1) is 9.28. The van der Waals surface area contributed by atoms with Crippen molar-refractivity contribution in [1.82, 2.24) is 19.6 Å². The van der Waals surface area contributed by atoms with Crippen molar-refractivity contribution in [3.05, 3.63) is 24.3 Å². The van der Waals surface area contributed by atoms with Crippen LogP contribution in [0.15, 0.2) is 18.5 Å². The molecule has 6 nitrogen and oxygen atoms in total. The van der Waals surface area contributed by atoms with Gasteiger partial charge in [-0.05, 0) is 6.07 Å². The maximum Gasteiger partial charge on any atom is 0.171 e. The zero-order valence-corrected chi connectivity index (χ0v) is 11.0. The van der Waals surface area contributed by atoms with Gasteiger partial charge in [-0.15, -0.1) is 10.2 Å². The Balaban J connectivity index is 2.38. The molecule has 0 amide bonds. The number of ether oxygens (including phenoxy) is 2. The number of benzene rings is 1. The summed E-state index contributed by atoms with van der Waals surface area (Å²) in [5.74, 6) is 2.20. The highest BCUT2D eigenvalue weighted by Crippen LogP contribution is 2.32. The standard InChI is InChI=1S/C13H14N4O2/c1-4-12-15-16-13-8-5-10(18-2)11(19-3)6-9(8)14-7-17(12)13/h5-7H,4H2,1-3H3. The summed E-state index contributed by atoms with van der Waals surface area (Å²) in [5.41, 5.74) is 1.59. The van der Waals surface area contributed by atoms with E-state index in [2.05, 4.69) is 15.2 Å². The molecule has 2 heterocycles. The van der Waals surface area contributed by atoms with Gasteiger partial charge in [0, 0.05) is 17.9 Å². The number of hydrogen-bond donors (Lipinski definition) is 0. The average molecular weight is 258 g/mol. The van der Waals surface area contributed by atoms with Crippen LogP contribution in [0.2, 0.25) is 0 Å². The van der Waals surface area contributed by atoms with E-state index in [-0.39, 0.29) is 0 Å². The van der Waals surface area contributed by atoms with E-state index >= 15 is 0 Å². The highest BCUT2D eigenvalue weighted by molar-refractivity contribution is 5.93. The van der Waals surface area contributed by atoms with Gasteiger partial charge in [-0.25, -0.2) is 4.98 Å². The smallest absolute Gasteiger partial charge is 0.171 e. The van der Waals surface area contributed by atoms with Crippen LogP contribution in [0.5, 0.6) is 11.5 Å². The van der Waals surface area contributed by atoms with Crippen molar-refractivity contribution >= 4 is 16.6 Å². The van der Waals surface area contributed by atoms with Crippen LogP contribution in [0.25, 0.3) is 16.6 Å². The molecule has 0 aliphatic heterocycles. The normalized spacial score (nSPS) is 11.1. The number of rotatable bonds is 3. The van der Waals surface area contributed by atoms with Crippen molar-refractivity contribution in [3.63, 3.8) is 0 Å². The average Bonchev–Trinajstić information content (AvgIpc) is 2.88. The molecule has 0 saturated carbocycles. The Hall–Kier alpha value is -2.37. The van der Waals surface area contributed by atoms with Crippen molar-refractivity contribution in [3.8, 4) is 11.5 Å². The molecule has 3 rings (SSSR count). The van der Waals surface area contributed by atoms with E-state index < -0.39 is 0 Å². The van der Waals surface area contributed by atoms with E-state index in [0.29, 0.717) is 11.5 Å². The SMILES string of the molecule is CCc1nnc2c3cc(OC)c(OC)cc3ncn12. The molecule has 0 spiro atoms. The maximum absolute atomic E-state index is 5.32. The summed E-state index contributed by atoms with van der Waals surface area (Å²) < 4.78 is 12.5. The van der Waals surface area contributed by atoms with Crippen molar-refractivity contribution in [2.45, 2.75) is 13.3 Å². The minimum atomic E-state index is 0.655. The molecule has 19 heavy (non-hydrogen) atoms. The summed E-state index contributed by atoms with van der Waals surface area (Å²) in [5, 5.41) is 9.28. The van der Waals surface area contributed by atoms with Gasteiger partial charge in [-0.1, -0.05) is 6.92 Å². The van der Waals surface area contributed by atoms with Gasteiger partial charge in [-0.3, -0.25) is 4.40 Å². The molecule has 0 N–H and O–H groups in total. The molecule has 0 saturated heterocycles. The third-order valence-electron chi connectivity index (χ3n) is 3.14. The molecule has 0 aliphatic carbocycles. The van der Waals surface area contributed by atoms with E-state index in [9.17, 15) is 0 Å². The van der Waals surface area contributed by atoms with E-state index in [0.717, 1.165) is 28.8 Å². The van der Waals surface area contributed by atoms with Gasteiger partial charge in [0.25, 0.3) is 0 Å². The quantitative estimate of drug-likeness (QED) is 0.717. The first-order valence-corrected chi connectivity index (χ1v) is 6.02. The van der Waals surface area contributed by atoms with Gasteiger partial charge >= 0.3 is 0 Å². The number of methoxy groups -OCH3 is 2. The summed E-state index contributed by atoms with van der Waals surface area (Å²) in [7, 11) is 3.22. The Bertz CT molecular complexity index is 751. The largest absolute Gasteiger partial charge is 0.493 e. The Morgan fingerprint density at radius 1 is 1.11 bits per heavy atom. The lowest BCUT2D eigenvalue weighted by Gasteiger charge is -2.09. The molecule has 3 aromatic rings. The molecule has 0 atom stereocenters. The van der Waals surface area contributed by atoms with Crippen LogP contribution in [-0.4, -0.2) is 33.8 Å². The number of hydrogen-bond acceptors (Lipinski definition) is 5. The topological polar surface area (TPSA) is 61.5 Å². The van der Waals surface area contributed by atoms with Gasteiger partial charge in [0.1, 0.15) is 12.2 Å². The number of aryl methyl sites for hydroxylation is 1. The third kappa shape index (κ3) is 1.68. The minimum Gasteiger partial charge on any atom is -0.493 e. The Kier molecular flexibility index (Phi) is 2.70. The van der Waals surface area contributed by atoms with E-state index in [4.69, 9.17) is 9.47 Å². The molecular weight excluding hydrogens is 244 g/mol. The number of fused-ring (bicyclic) bond motifs is 3. The van der Waals surface area contributed by atoms with E-state index in [1.54, 1.807) is 20.5 Å². The van der Waals surface area contributed by atoms with Gasteiger partial charge in [0.15, 0.2) is 17.1 Å². The summed E-state index contributed by atoms with van der Waals surface area (Å²) in [6.45, 7) is 2.04. The zero-order valence-electron chi connectivity index (χ0n) is 11.0. The summed E-state index contributed by atoms with van der Waals surface area (Å²) in [4.78, 5) is 4.42. The molecule has 1 aromatic carbocycles. The Morgan fingerprint density at radius 2 is 1.84 bits per heavy atom. The van der Waals surface area contributed by atoms with Crippen LogP contribution >= 0.6 is 0 Å². The fourth-order valence-corrected chi connectivity index (χ4v) is 2.14. The third-order valence-corrected chi connectivity index (χ3v) is 3.14. The molecule has 98 valence electrons. The summed E-state index contributed by atoms with van der Waals surface area (Å²) in [6.07, 6.45) is 2.55. The fraction of sp³-hybridized carbons (Fsp3) is 0.308. The van der Waals surface area contributed by atoms with Crippen LogP contribution in [0.3, 0.4) is 0 Å². The fourth-order valence-electron chi connectivity index (χ4n) is 2.14. The minimum absolute atomic E-state index is 0.655. The van der Waals surface area contributed by atoms with Gasteiger partial charge in [0.05, 0.1) is 19.7 Å². The molecule has 0 fully saturated rings. The van der Waals surface area contributed by atoms with Crippen molar-refractivity contribution in [2.24, 2.45) is 0 Å². The molecular formula is C13H14N4O2. The second-order valence-electron chi connectivity index (χ2n) is 4.13. The number of aromatic nitrogens is 4. The molecule has 0 aliphatic rings. The lowest BCUT2D eigenvalue weighted by Crippen LogP contribution is -1.96. The van der Waals surface area contributed by atoms with Gasteiger partial charge in [0.2, 0.25) is 0 Å². The van der Waals surface area contributed by atoms with Crippen LogP contribution < -0.4 is 9.47 Å². The van der Waals surface area contributed by atoms with Crippen LogP contribution in [0.1, 0.15) is 12.7 Å². The van der Waals surface area contributed by atoms with Crippen molar-refractivity contribution in [2.75, 3.05) is 14.2 Å². The van der Waals surface area contributed by atoms with Gasteiger partial charge in [-0.2, -0.15) is 0 Å². The lowest BCUT2D eigenvalue weighted by molar-refractivity contribution is 0.356. The first kappa shape index (κ1) is 11.7. The van der Waals surface area contributed by atoms with Crippen molar-refractivity contribution in [1.29, 1.82) is 0 Å². The second kappa shape index (κ2) is 4.38. The van der Waals surface area contributed by atoms with E-state index in [1.807, 2.05) is 23.5 Å². The maximum atomic E-state index is 5.32. The molecule has 6 heteroatoms. The van der Waals surface area contributed by atoms with Crippen LogP contribution in [0.4, 0.5) is 0 Å². The molecule has 2 aromatic heterocycles. The Labute approximate surface area is 110 Å². The number of nitrogens with zero attached hydrogens (tertiary/aromatic N) is 4. The predicted molar refractivity (Wildman–Crippen MR) is 70.8 cm³/mol. The highest BCUT2D eigenvalue weighted by atomic mass is 16.5. The lowest BCUT2D eigenvalue weighted by atomic mass is 10.2. The zero-order chi connectivity index (χ0) is 13.4. The molecule has 0 radical (unpaired) electrons. The molecule has 0 unspecified atom stereocenters. The van der Waals surface area contributed by atoms with Crippen LogP contribution in [-0.2, 0) is 6.42 Å². The monoisotopic (exact) mass is 258 g/mol.